The van der Waals surface area contributed by atoms with Gasteiger partial charge in [0.2, 0.25) is 5.91 Å². The Morgan fingerprint density at radius 2 is 1.88 bits per heavy atom. The van der Waals surface area contributed by atoms with Crippen molar-refractivity contribution in [1.82, 2.24) is 5.32 Å². The summed E-state index contributed by atoms with van der Waals surface area (Å²) < 4.78 is 0. The first-order valence-electron chi connectivity index (χ1n) is 10.4. The van der Waals surface area contributed by atoms with Gasteiger partial charge in [-0.1, -0.05) is 70.4 Å². The maximum absolute atomic E-state index is 12.9. The molecule has 1 fully saturated rings. The number of unbranched alkanes of at least 4 members (excludes halogenated alkanes) is 1. The van der Waals surface area contributed by atoms with Crippen molar-refractivity contribution in [1.29, 1.82) is 0 Å². The molecular formula is C23H35NO2. The average Bonchev–Trinajstić information content (AvgIpc) is 2.66. The van der Waals surface area contributed by atoms with E-state index in [-0.39, 0.29) is 17.6 Å². The quantitative estimate of drug-likeness (QED) is 0.681. The summed E-state index contributed by atoms with van der Waals surface area (Å²) in [6, 6.07) is 9.61. The fourth-order valence-corrected chi connectivity index (χ4v) is 3.98. The van der Waals surface area contributed by atoms with E-state index < -0.39 is 6.04 Å². The number of rotatable bonds is 9. The minimum atomic E-state index is -0.393. The van der Waals surface area contributed by atoms with E-state index in [1.165, 1.54) is 6.42 Å². The second-order valence-corrected chi connectivity index (χ2v) is 8.19. The number of nitrogens with one attached hydrogen (secondary N) is 1. The first-order chi connectivity index (χ1) is 12.5. The average molecular weight is 358 g/mol. The molecule has 3 atom stereocenters. The van der Waals surface area contributed by atoms with Crippen LogP contribution in [0.15, 0.2) is 30.3 Å². The summed E-state index contributed by atoms with van der Waals surface area (Å²) >= 11 is 0. The fourth-order valence-electron chi connectivity index (χ4n) is 3.98. The minimum Gasteiger partial charge on any atom is -0.346 e. The second kappa shape index (κ2) is 10.5. The Morgan fingerprint density at radius 3 is 2.54 bits per heavy atom. The van der Waals surface area contributed by atoms with E-state index in [2.05, 4.69) is 26.1 Å². The lowest BCUT2D eigenvalue weighted by Gasteiger charge is -2.31. The molecule has 1 aromatic carbocycles. The molecule has 1 N–H and O–H groups in total. The fraction of sp³-hybridized carbons (Fsp3) is 0.652. The summed E-state index contributed by atoms with van der Waals surface area (Å²) in [5, 5.41) is 3.11. The van der Waals surface area contributed by atoms with Gasteiger partial charge < -0.3 is 5.32 Å². The van der Waals surface area contributed by atoms with E-state index in [1.807, 2.05) is 30.3 Å². The first-order valence-corrected chi connectivity index (χ1v) is 10.4. The van der Waals surface area contributed by atoms with Crippen LogP contribution in [-0.2, 0) is 16.0 Å². The zero-order valence-corrected chi connectivity index (χ0v) is 16.7. The zero-order chi connectivity index (χ0) is 18.9. The summed E-state index contributed by atoms with van der Waals surface area (Å²) in [4.78, 5) is 25.6. The molecule has 0 aliphatic heterocycles. The molecule has 0 saturated heterocycles. The number of benzene rings is 1. The zero-order valence-electron chi connectivity index (χ0n) is 16.7. The van der Waals surface area contributed by atoms with E-state index in [0.717, 1.165) is 37.7 Å². The van der Waals surface area contributed by atoms with Crippen molar-refractivity contribution >= 4 is 11.7 Å². The lowest BCUT2D eigenvalue weighted by atomic mass is 9.76. The molecule has 0 heterocycles. The SMILES string of the molecule is CCCCC(=O)[C@@H](Cc1ccccc1)NC(=O)[C@H]1CCCC(C(C)C)C1. The number of ketones is 1. The molecule has 0 bridgehead atoms. The van der Waals surface area contributed by atoms with E-state index in [4.69, 9.17) is 0 Å². The number of carbonyl (C=O) groups is 2. The van der Waals surface area contributed by atoms with Crippen LogP contribution >= 0.6 is 0 Å². The number of hydrogen-bond donors (Lipinski definition) is 1. The van der Waals surface area contributed by atoms with Crippen LogP contribution < -0.4 is 5.32 Å². The van der Waals surface area contributed by atoms with E-state index in [0.29, 0.717) is 24.7 Å². The molecule has 0 spiro atoms. The molecule has 1 amide bonds. The van der Waals surface area contributed by atoms with E-state index in [9.17, 15) is 9.59 Å². The van der Waals surface area contributed by atoms with Crippen molar-refractivity contribution in [2.24, 2.45) is 17.8 Å². The van der Waals surface area contributed by atoms with Crippen molar-refractivity contribution < 1.29 is 9.59 Å². The normalized spacial score (nSPS) is 21.4. The highest BCUT2D eigenvalue weighted by atomic mass is 16.2. The van der Waals surface area contributed by atoms with Crippen LogP contribution in [0.4, 0.5) is 0 Å². The van der Waals surface area contributed by atoms with Gasteiger partial charge in [-0.3, -0.25) is 9.59 Å². The van der Waals surface area contributed by atoms with Crippen LogP contribution in [0.2, 0.25) is 0 Å². The van der Waals surface area contributed by atoms with Gasteiger partial charge in [0.15, 0.2) is 5.78 Å². The van der Waals surface area contributed by atoms with Crippen LogP contribution in [0, 0.1) is 17.8 Å². The van der Waals surface area contributed by atoms with Crippen molar-refractivity contribution in [2.45, 2.75) is 78.2 Å². The Bertz CT molecular complexity index is 567. The predicted molar refractivity (Wildman–Crippen MR) is 107 cm³/mol. The first kappa shape index (κ1) is 20.7. The summed E-state index contributed by atoms with van der Waals surface area (Å²) in [7, 11) is 0. The summed E-state index contributed by atoms with van der Waals surface area (Å²) in [6.45, 7) is 6.58. The highest BCUT2D eigenvalue weighted by Crippen LogP contribution is 2.33. The third-order valence-corrected chi connectivity index (χ3v) is 5.79. The maximum atomic E-state index is 12.9. The summed E-state index contributed by atoms with van der Waals surface area (Å²) in [6.07, 6.45) is 7.29. The minimum absolute atomic E-state index is 0.0633. The molecule has 3 heteroatoms. The Morgan fingerprint density at radius 1 is 1.15 bits per heavy atom. The molecule has 1 aromatic rings. The second-order valence-electron chi connectivity index (χ2n) is 8.19. The van der Waals surface area contributed by atoms with Crippen LogP contribution in [0.1, 0.15) is 71.3 Å². The summed E-state index contributed by atoms with van der Waals surface area (Å²) in [5.41, 5.74) is 1.10. The van der Waals surface area contributed by atoms with Crippen molar-refractivity contribution in [3.63, 3.8) is 0 Å². The van der Waals surface area contributed by atoms with Gasteiger partial charge in [-0.2, -0.15) is 0 Å². The van der Waals surface area contributed by atoms with Crippen molar-refractivity contribution in [3.8, 4) is 0 Å². The molecule has 1 saturated carbocycles. The van der Waals surface area contributed by atoms with Gasteiger partial charge in [0.25, 0.3) is 0 Å². The molecule has 0 aromatic heterocycles. The Kier molecular flexibility index (Phi) is 8.34. The van der Waals surface area contributed by atoms with Crippen LogP contribution in [0.5, 0.6) is 0 Å². The molecule has 1 aliphatic carbocycles. The Labute approximate surface area is 159 Å². The topological polar surface area (TPSA) is 46.2 Å². The van der Waals surface area contributed by atoms with E-state index in [1.54, 1.807) is 0 Å². The molecule has 144 valence electrons. The smallest absolute Gasteiger partial charge is 0.223 e. The molecular weight excluding hydrogens is 322 g/mol. The largest absolute Gasteiger partial charge is 0.346 e. The van der Waals surface area contributed by atoms with Gasteiger partial charge in [0.1, 0.15) is 0 Å². The lowest BCUT2D eigenvalue weighted by Crippen LogP contribution is -2.46. The Balaban J connectivity index is 2.02. The number of hydrogen-bond acceptors (Lipinski definition) is 2. The van der Waals surface area contributed by atoms with Gasteiger partial charge >= 0.3 is 0 Å². The molecule has 0 radical (unpaired) electrons. The number of Topliss-reactive ketones (excluding diaryl/α,β-unsaturated/α-hetero) is 1. The third kappa shape index (κ3) is 6.26. The van der Waals surface area contributed by atoms with E-state index >= 15 is 0 Å². The molecule has 26 heavy (non-hydrogen) atoms. The van der Waals surface area contributed by atoms with Gasteiger partial charge in [-0.05, 0) is 43.1 Å². The molecule has 2 rings (SSSR count). The van der Waals surface area contributed by atoms with Crippen LogP contribution in [0.25, 0.3) is 0 Å². The highest BCUT2D eigenvalue weighted by Gasteiger charge is 2.31. The molecule has 1 aliphatic rings. The highest BCUT2D eigenvalue weighted by molar-refractivity contribution is 5.90. The number of carbonyl (C=O) groups excluding carboxylic acids is 2. The van der Waals surface area contributed by atoms with Gasteiger partial charge in [0.05, 0.1) is 6.04 Å². The van der Waals surface area contributed by atoms with Crippen LogP contribution in [-0.4, -0.2) is 17.7 Å². The Hall–Kier alpha value is -1.64. The number of amides is 1. The summed E-state index contributed by atoms with van der Waals surface area (Å²) in [5.74, 6) is 1.56. The van der Waals surface area contributed by atoms with Crippen LogP contribution in [0.3, 0.4) is 0 Å². The molecule has 1 unspecified atom stereocenters. The lowest BCUT2D eigenvalue weighted by molar-refractivity contribution is -0.131. The third-order valence-electron chi connectivity index (χ3n) is 5.79. The van der Waals surface area contributed by atoms with Gasteiger partial charge in [0, 0.05) is 12.3 Å². The monoisotopic (exact) mass is 357 g/mol. The molecule has 3 nitrogen and oxygen atoms in total. The van der Waals surface area contributed by atoms with Gasteiger partial charge in [-0.25, -0.2) is 0 Å². The maximum Gasteiger partial charge on any atom is 0.223 e. The van der Waals surface area contributed by atoms with Crippen molar-refractivity contribution in [2.75, 3.05) is 0 Å². The standard InChI is InChI=1S/C23H35NO2/c1-4-5-14-22(25)21(15-18-10-7-6-8-11-18)24-23(26)20-13-9-12-19(16-20)17(2)3/h6-8,10-11,17,19-21H,4-5,9,12-16H2,1-3H3,(H,24,26)/t19?,20-,21+/m0/s1. The van der Waals surface area contributed by atoms with Gasteiger partial charge in [-0.15, -0.1) is 0 Å². The predicted octanol–water partition coefficient (Wildman–Crippen LogP) is 4.94. The van der Waals surface area contributed by atoms with Crippen molar-refractivity contribution in [3.05, 3.63) is 35.9 Å².